The monoisotopic (exact) mass is 487 g/mol. The first-order valence-electron chi connectivity index (χ1n) is 8.66. The van der Waals surface area contributed by atoms with Crippen LogP contribution in [0.1, 0.15) is 15.9 Å². The minimum Gasteiger partial charge on any atom is -0.378 e. The summed E-state index contributed by atoms with van der Waals surface area (Å²) in [7, 11) is 0. The summed E-state index contributed by atoms with van der Waals surface area (Å²) in [6, 6.07) is 10.0. The summed E-state index contributed by atoms with van der Waals surface area (Å²) >= 11 is 8.44. The summed E-state index contributed by atoms with van der Waals surface area (Å²) in [6.45, 7) is 2.03. The molecule has 0 unspecified atom stereocenters. The van der Waals surface area contributed by atoms with Crippen LogP contribution in [0.2, 0.25) is 0 Å². The van der Waals surface area contributed by atoms with Crippen molar-refractivity contribution in [1.82, 2.24) is 5.32 Å². The van der Waals surface area contributed by atoms with E-state index in [1.807, 2.05) is 4.90 Å². The molecule has 1 amide bonds. The number of carbonyl (C=O) groups excluding carboxylic acids is 1. The first-order chi connectivity index (χ1) is 13.7. The number of thiocarbonyl (C=S) groups is 1. The fourth-order valence-electron chi connectivity index (χ4n) is 2.82. The molecule has 5 nitrogen and oxygen atoms in total. The molecule has 1 fully saturated rings. The van der Waals surface area contributed by atoms with Gasteiger partial charge in [0.05, 0.1) is 30.2 Å². The Bertz CT molecular complexity index is 901. The number of hydrogen-bond acceptors (Lipinski definition) is 4. The van der Waals surface area contributed by atoms with E-state index in [4.69, 9.17) is 17.0 Å². The molecule has 0 aromatic heterocycles. The number of hydrogen-bond donors (Lipinski definition) is 2. The van der Waals surface area contributed by atoms with E-state index in [1.54, 1.807) is 24.3 Å². The van der Waals surface area contributed by atoms with Crippen molar-refractivity contribution in [1.29, 1.82) is 0 Å². The number of alkyl halides is 3. The molecule has 3 rings (SSSR count). The summed E-state index contributed by atoms with van der Waals surface area (Å²) in [5, 5.41) is 5.14. The van der Waals surface area contributed by atoms with Gasteiger partial charge in [-0.1, -0.05) is 15.9 Å². The molecule has 1 aliphatic rings. The number of carbonyl (C=O) groups is 1. The van der Waals surface area contributed by atoms with Gasteiger partial charge in [-0.15, -0.1) is 0 Å². The van der Waals surface area contributed by atoms with Crippen LogP contribution in [-0.4, -0.2) is 37.3 Å². The lowest BCUT2D eigenvalue weighted by molar-refractivity contribution is -0.137. The number of rotatable bonds is 3. The lowest BCUT2D eigenvalue weighted by Gasteiger charge is -2.31. The molecule has 2 aromatic rings. The Kier molecular flexibility index (Phi) is 6.76. The highest BCUT2D eigenvalue weighted by Crippen LogP contribution is 2.35. The molecule has 0 bridgehead atoms. The zero-order chi connectivity index (χ0) is 21.0. The van der Waals surface area contributed by atoms with Crippen molar-refractivity contribution in [2.45, 2.75) is 6.18 Å². The maximum atomic E-state index is 13.2. The van der Waals surface area contributed by atoms with Crippen molar-refractivity contribution in [2.24, 2.45) is 0 Å². The summed E-state index contributed by atoms with van der Waals surface area (Å²) < 4.78 is 45.6. The highest BCUT2D eigenvalue weighted by molar-refractivity contribution is 9.10. The van der Waals surface area contributed by atoms with Gasteiger partial charge in [-0.05, 0) is 54.7 Å². The number of morpholine rings is 1. The molecule has 1 heterocycles. The Morgan fingerprint density at radius 3 is 2.38 bits per heavy atom. The lowest BCUT2D eigenvalue weighted by atomic mass is 10.1. The molecule has 154 valence electrons. The Balaban J connectivity index is 1.80. The van der Waals surface area contributed by atoms with Gasteiger partial charge >= 0.3 is 6.18 Å². The molecule has 0 spiro atoms. The maximum Gasteiger partial charge on any atom is 0.416 e. The standard InChI is InChI=1S/C19H17BrF3N3O2S/c20-14-4-1-12(2-5-14)17(27)25-18(29)24-15-11-13(19(21,22)23)3-6-16(15)26-7-9-28-10-8-26/h1-6,11H,7-10H2,(H2,24,25,27,29). The minimum atomic E-state index is -4.50. The van der Waals surface area contributed by atoms with Crippen molar-refractivity contribution in [2.75, 3.05) is 36.5 Å². The van der Waals surface area contributed by atoms with E-state index < -0.39 is 17.6 Å². The van der Waals surface area contributed by atoms with Crippen LogP contribution in [0.25, 0.3) is 0 Å². The van der Waals surface area contributed by atoms with Crippen LogP contribution in [0.5, 0.6) is 0 Å². The fourth-order valence-corrected chi connectivity index (χ4v) is 3.29. The molecular weight excluding hydrogens is 471 g/mol. The van der Waals surface area contributed by atoms with Crippen molar-refractivity contribution in [3.05, 3.63) is 58.1 Å². The van der Waals surface area contributed by atoms with Gasteiger partial charge in [-0.3, -0.25) is 10.1 Å². The number of ether oxygens (including phenoxy) is 1. The molecule has 10 heteroatoms. The van der Waals surface area contributed by atoms with Crippen molar-refractivity contribution < 1.29 is 22.7 Å². The van der Waals surface area contributed by atoms with Crippen molar-refractivity contribution in [3.8, 4) is 0 Å². The summed E-state index contributed by atoms with van der Waals surface area (Å²) in [5.74, 6) is -0.463. The number of amides is 1. The Morgan fingerprint density at radius 1 is 1.10 bits per heavy atom. The SMILES string of the molecule is O=C(NC(=S)Nc1cc(C(F)(F)F)ccc1N1CCOCC1)c1ccc(Br)cc1. The van der Waals surface area contributed by atoms with E-state index in [0.29, 0.717) is 37.6 Å². The van der Waals surface area contributed by atoms with E-state index in [1.165, 1.54) is 6.07 Å². The molecule has 0 radical (unpaired) electrons. The molecular formula is C19H17BrF3N3O2S. The molecule has 2 N–H and O–H groups in total. The van der Waals surface area contributed by atoms with E-state index in [-0.39, 0.29) is 10.8 Å². The van der Waals surface area contributed by atoms with Gasteiger partial charge in [0.2, 0.25) is 0 Å². The molecule has 29 heavy (non-hydrogen) atoms. The number of benzene rings is 2. The van der Waals surface area contributed by atoms with Crippen LogP contribution in [0, 0.1) is 0 Å². The zero-order valence-electron chi connectivity index (χ0n) is 15.1. The minimum absolute atomic E-state index is 0.0910. The van der Waals surface area contributed by atoms with Crippen LogP contribution in [0.3, 0.4) is 0 Å². The number of nitrogens with one attached hydrogen (secondary N) is 2. The average molecular weight is 488 g/mol. The smallest absolute Gasteiger partial charge is 0.378 e. The van der Waals surface area contributed by atoms with E-state index in [0.717, 1.165) is 16.6 Å². The summed E-state index contributed by atoms with van der Waals surface area (Å²) in [6.07, 6.45) is -4.50. The third-order valence-electron chi connectivity index (χ3n) is 4.26. The molecule has 1 saturated heterocycles. The third kappa shape index (κ3) is 5.68. The highest BCUT2D eigenvalue weighted by atomic mass is 79.9. The number of halogens is 4. The summed E-state index contributed by atoms with van der Waals surface area (Å²) in [4.78, 5) is 14.2. The highest BCUT2D eigenvalue weighted by Gasteiger charge is 2.31. The normalized spacial score (nSPS) is 14.4. The van der Waals surface area contributed by atoms with Crippen LogP contribution >= 0.6 is 28.1 Å². The first kappa shape index (κ1) is 21.5. The molecule has 0 atom stereocenters. The second-order valence-corrected chi connectivity index (χ2v) is 7.57. The van der Waals surface area contributed by atoms with Crippen molar-refractivity contribution in [3.63, 3.8) is 0 Å². The van der Waals surface area contributed by atoms with E-state index in [9.17, 15) is 18.0 Å². The van der Waals surface area contributed by atoms with E-state index in [2.05, 4.69) is 26.6 Å². The van der Waals surface area contributed by atoms with Crippen LogP contribution in [0.4, 0.5) is 24.5 Å². The van der Waals surface area contributed by atoms with Gasteiger partial charge in [0.25, 0.3) is 5.91 Å². The van der Waals surface area contributed by atoms with Crippen LogP contribution in [-0.2, 0) is 10.9 Å². The zero-order valence-corrected chi connectivity index (χ0v) is 17.5. The Labute approximate surface area is 179 Å². The molecule has 1 aliphatic heterocycles. The number of nitrogens with zero attached hydrogens (tertiary/aromatic N) is 1. The van der Waals surface area contributed by atoms with Gasteiger partial charge in [0.15, 0.2) is 5.11 Å². The fraction of sp³-hybridized carbons (Fsp3) is 0.263. The second-order valence-electron chi connectivity index (χ2n) is 6.24. The van der Waals surface area contributed by atoms with Gasteiger partial charge < -0.3 is 15.0 Å². The lowest BCUT2D eigenvalue weighted by Crippen LogP contribution is -2.38. The van der Waals surface area contributed by atoms with Crippen LogP contribution in [0.15, 0.2) is 46.9 Å². The third-order valence-corrected chi connectivity index (χ3v) is 4.99. The van der Waals surface area contributed by atoms with Gasteiger partial charge in [-0.25, -0.2) is 0 Å². The predicted molar refractivity (Wildman–Crippen MR) is 112 cm³/mol. The second kappa shape index (κ2) is 9.10. The van der Waals surface area contributed by atoms with Crippen LogP contribution < -0.4 is 15.5 Å². The largest absolute Gasteiger partial charge is 0.416 e. The first-order valence-corrected chi connectivity index (χ1v) is 9.86. The van der Waals surface area contributed by atoms with Gasteiger partial charge in [0.1, 0.15) is 0 Å². The number of anilines is 2. The van der Waals surface area contributed by atoms with Gasteiger partial charge in [0, 0.05) is 23.1 Å². The van der Waals surface area contributed by atoms with E-state index >= 15 is 0 Å². The molecule has 0 aliphatic carbocycles. The Hall–Kier alpha value is -2.17. The summed E-state index contributed by atoms with van der Waals surface area (Å²) in [5.41, 5.74) is 0.290. The predicted octanol–water partition coefficient (Wildman–Crippen LogP) is 4.43. The quantitative estimate of drug-likeness (QED) is 0.627. The average Bonchev–Trinajstić information content (AvgIpc) is 2.68. The van der Waals surface area contributed by atoms with Gasteiger partial charge in [-0.2, -0.15) is 13.2 Å². The molecule has 0 saturated carbocycles. The maximum absolute atomic E-state index is 13.2. The van der Waals surface area contributed by atoms with Crippen molar-refractivity contribution >= 4 is 50.5 Å². The Morgan fingerprint density at radius 2 is 1.76 bits per heavy atom. The topological polar surface area (TPSA) is 53.6 Å². The molecule has 2 aromatic carbocycles.